The zero-order chi connectivity index (χ0) is 13.0. The summed E-state index contributed by atoms with van der Waals surface area (Å²) in [7, 11) is 0. The van der Waals surface area contributed by atoms with Crippen molar-refractivity contribution in [2.75, 3.05) is 0 Å². The molecular formula is C15H20O3. The summed E-state index contributed by atoms with van der Waals surface area (Å²) in [6.45, 7) is 10.1. The van der Waals surface area contributed by atoms with Crippen LogP contribution in [0.25, 0.3) is 0 Å². The van der Waals surface area contributed by atoms with Gasteiger partial charge in [-0.1, -0.05) is 31.2 Å². The second-order valence-electron chi connectivity index (χ2n) is 6.03. The van der Waals surface area contributed by atoms with Crippen LogP contribution in [0.15, 0.2) is 24.3 Å². The van der Waals surface area contributed by atoms with Crippen LogP contribution in [0.1, 0.15) is 26.2 Å². The van der Waals surface area contributed by atoms with Gasteiger partial charge < -0.3 is 9.84 Å². The Bertz CT molecular complexity index is 425. The predicted molar refractivity (Wildman–Crippen MR) is 67.7 cm³/mol. The van der Waals surface area contributed by atoms with Gasteiger partial charge in [0.1, 0.15) is 6.10 Å². The maximum atomic E-state index is 11.8. The van der Waals surface area contributed by atoms with Crippen molar-refractivity contribution in [3.63, 3.8) is 0 Å². The summed E-state index contributed by atoms with van der Waals surface area (Å²) in [5.74, 6) is 0.0212. The summed E-state index contributed by atoms with van der Waals surface area (Å²) in [4.78, 5) is 11.8. The smallest absolute Gasteiger partial charge is 0.309 e. The van der Waals surface area contributed by atoms with Crippen molar-refractivity contribution in [3.05, 3.63) is 24.3 Å². The molecule has 0 aromatic rings. The summed E-state index contributed by atoms with van der Waals surface area (Å²) in [5, 5.41) is 10.3. The number of rotatable bonds is 0. The molecule has 1 aliphatic heterocycles. The Kier molecular flexibility index (Phi) is 2.63. The van der Waals surface area contributed by atoms with Gasteiger partial charge in [0.25, 0.3) is 0 Å². The third-order valence-electron chi connectivity index (χ3n) is 5.06. The number of aliphatic hydroxyl groups is 1. The van der Waals surface area contributed by atoms with E-state index in [-0.39, 0.29) is 29.8 Å². The Morgan fingerprint density at radius 1 is 1.33 bits per heavy atom. The maximum Gasteiger partial charge on any atom is 0.309 e. The lowest BCUT2D eigenvalue weighted by Gasteiger charge is -2.27. The summed E-state index contributed by atoms with van der Waals surface area (Å²) in [5.41, 5.74) is 2.26. The molecule has 3 rings (SSSR count). The molecule has 0 radical (unpaired) electrons. The predicted octanol–water partition coefficient (Wildman–Crippen LogP) is 2.07. The van der Waals surface area contributed by atoms with Crippen molar-refractivity contribution >= 4 is 5.97 Å². The van der Waals surface area contributed by atoms with Crippen LogP contribution in [-0.4, -0.2) is 23.3 Å². The average molecular weight is 248 g/mol. The van der Waals surface area contributed by atoms with E-state index in [2.05, 4.69) is 13.2 Å². The first-order valence-corrected chi connectivity index (χ1v) is 6.74. The summed E-state index contributed by atoms with van der Waals surface area (Å²) >= 11 is 0. The Morgan fingerprint density at radius 2 is 2.06 bits per heavy atom. The van der Waals surface area contributed by atoms with Crippen LogP contribution in [0.3, 0.4) is 0 Å². The fraction of sp³-hybridized carbons (Fsp3) is 0.667. The minimum Gasteiger partial charge on any atom is -0.461 e. The number of aliphatic hydroxyl groups excluding tert-OH is 1. The van der Waals surface area contributed by atoms with Gasteiger partial charge in [-0.25, -0.2) is 0 Å². The molecule has 18 heavy (non-hydrogen) atoms. The minimum atomic E-state index is -0.512. The zero-order valence-corrected chi connectivity index (χ0v) is 10.8. The quantitative estimate of drug-likeness (QED) is 0.527. The number of fused-ring (bicyclic) bond motifs is 3. The molecule has 1 saturated heterocycles. The van der Waals surface area contributed by atoms with Crippen LogP contribution < -0.4 is 0 Å². The highest BCUT2D eigenvalue weighted by molar-refractivity contribution is 5.75. The van der Waals surface area contributed by atoms with Gasteiger partial charge in [0.15, 0.2) is 0 Å². The molecule has 0 bridgehead atoms. The van der Waals surface area contributed by atoms with Crippen molar-refractivity contribution in [2.45, 2.75) is 38.4 Å². The molecule has 3 nitrogen and oxygen atoms in total. The summed E-state index contributed by atoms with van der Waals surface area (Å²) < 4.78 is 5.56. The lowest BCUT2D eigenvalue weighted by Crippen LogP contribution is -2.35. The molecule has 0 spiro atoms. The minimum absolute atomic E-state index is 0.0981. The van der Waals surface area contributed by atoms with Crippen LogP contribution >= 0.6 is 0 Å². The Morgan fingerprint density at radius 3 is 2.78 bits per heavy atom. The molecule has 1 N–H and O–H groups in total. The number of carbonyl (C=O) groups excluding carboxylic acids is 1. The van der Waals surface area contributed by atoms with Crippen molar-refractivity contribution in [3.8, 4) is 0 Å². The number of hydrogen-bond acceptors (Lipinski definition) is 3. The fourth-order valence-corrected chi connectivity index (χ4v) is 4.07. The fourth-order valence-electron chi connectivity index (χ4n) is 4.07. The van der Waals surface area contributed by atoms with E-state index >= 15 is 0 Å². The van der Waals surface area contributed by atoms with E-state index in [1.54, 1.807) is 0 Å². The average Bonchev–Trinajstić information content (AvgIpc) is 2.77. The maximum absolute atomic E-state index is 11.8. The van der Waals surface area contributed by atoms with E-state index in [4.69, 9.17) is 4.74 Å². The molecule has 2 aliphatic carbocycles. The normalized spacial score (nSPS) is 47.6. The number of esters is 1. The Labute approximate surface area is 108 Å². The molecule has 0 aromatic heterocycles. The van der Waals surface area contributed by atoms with Crippen LogP contribution in [0.2, 0.25) is 0 Å². The molecule has 98 valence electrons. The molecule has 0 amide bonds. The van der Waals surface area contributed by atoms with Crippen LogP contribution in [0, 0.1) is 23.7 Å². The van der Waals surface area contributed by atoms with Gasteiger partial charge in [0.2, 0.25) is 0 Å². The number of hydrogen-bond donors (Lipinski definition) is 1. The van der Waals surface area contributed by atoms with E-state index in [0.717, 1.165) is 24.0 Å². The molecule has 6 atom stereocenters. The highest BCUT2D eigenvalue weighted by Gasteiger charge is 2.54. The molecule has 6 unspecified atom stereocenters. The lowest BCUT2D eigenvalue weighted by atomic mass is 9.79. The van der Waals surface area contributed by atoms with Gasteiger partial charge in [-0.3, -0.25) is 4.79 Å². The van der Waals surface area contributed by atoms with E-state index in [0.29, 0.717) is 12.3 Å². The highest BCUT2D eigenvalue weighted by atomic mass is 16.6. The van der Waals surface area contributed by atoms with Gasteiger partial charge >= 0.3 is 5.97 Å². The Balaban J connectivity index is 2.02. The molecular weight excluding hydrogens is 228 g/mol. The third kappa shape index (κ3) is 1.50. The van der Waals surface area contributed by atoms with Crippen LogP contribution in [0.4, 0.5) is 0 Å². The zero-order valence-electron chi connectivity index (χ0n) is 10.8. The van der Waals surface area contributed by atoms with E-state index in [9.17, 15) is 9.90 Å². The van der Waals surface area contributed by atoms with Gasteiger partial charge in [0.05, 0.1) is 12.0 Å². The standard InChI is InChI=1S/C15H20O3/c1-7-4-5-10-8(2)6-11(16)13-9(3)15(17)18-14(13)12(7)10/h9-14,16H,1-2,4-6H2,3H3. The topological polar surface area (TPSA) is 46.5 Å². The Hall–Kier alpha value is -1.09. The van der Waals surface area contributed by atoms with Crippen LogP contribution in [0.5, 0.6) is 0 Å². The van der Waals surface area contributed by atoms with Crippen LogP contribution in [-0.2, 0) is 9.53 Å². The molecule has 1 heterocycles. The van der Waals surface area contributed by atoms with Crippen molar-refractivity contribution in [2.24, 2.45) is 23.7 Å². The highest BCUT2D eigenvalue weighted by Crippen LogP contribution is 2.52. The number of carbonyl (C=O) groups is 1. The third-order valence-corrected chi connectivity index (χ3v) is 5.06. The number of ether oxygens (including phenoxy) is 1. The first-order chi connectivity index (χ1) is 8.50. The molecule has 3 aliphatic rings. The van der Waals surface area contributed by atoms with Crippen molar-refractivity contribution < 1.29 is 14.6 Å². The van der Waals surface area contributed by atoms with E-state index < -0.39 is 6.10 Å². The lowest BCUT2D eigenvalue weighted by molar-refractivity contribution is -0.145. The molecule has 2 saturated carbocycles. The SMILES string of the molecule is C=C1CC(O)C2C(C)C(=O)OC2C2C(=C)CCC12. The molecule has 3 heteroatoms. The van der Waals surface area contributed by atoms with E-state index in [1.165, 1.54) is 0 Å². The summed E-state index contributed by atoms with van der Waals surface area (Å²) in [6.07, 6.45) is 1.91. The van der Waals surface area contributed by atoms with E-state index in [1.807, 2.05) is 6.92 Å². The van der Waals surface area contributed by atoms with Gasteiger partial charge in [0, 0.05) is 11.8 Å². The monoisotopic (exact) mass is 248 g/mol. The summed E-state index contributed by atoms with van der Waals surface area (Å²) in [6, 6.07) is 0. The molecule has 3 fully saturated rings. The van der Waals surface area contributed by atoms with Crippen molar-refractivity contribution in [1.82, 2.24) is 0 Å². The second-order valence-corrected chi connectivity index (χ2v) is 6.03. The van der Waals surface area contributed by atoms with Crippen molar-refractivity contribution in [1.29, 1.82) is 0 Å². The largest absolute Gasteiger partial charge is 0.461 e. The van der Waals surface area contributed by atoms with Gasteiger partial charge in [-0.2, -0.15) is 0 Å². The second kappa shape index (κ2) is 3.95. The molecule has 0 aromatic carbocycles. The van der Waals surface area contributed by atoms with Gasteiger partial charge in [-0.15, -0.1) is 0 Å². The first kappa shape index (κ1) is 12.0. The van der Waals surface area contributed by atoms with Gasteiger partial charge in [-0.05, 0) is 25.2 Å². The first-order valence-electron chi connectivity index (χ1n) is 6.74.